The average molecular weight is 786 g/mol. The molecule has 0 aromatic heterocycles. The number of allylic oxidation sites excluding steroid dienone is 5. The second-order valence-corrected chi connectivity index (χ2v) is 23.0. The minimum atomic E-state index is -3.50. The number of aliphatic carboxylic acids is 1. The number of hydrogen-bond acceptors (Lipinski definition) is 6. The second kappa shape index (κ2) is 14.0. The standard InChI is InChI=1S/C46H72FNO6S/c1-30(2)33-15-24-46(48-28-27-45(51)22-13-32(14-23-45)54-55(8,52)53)26-25-42(6)35(38(33)46)9-10-37-41(5)18-16-34(40(3,4)36(41)17-19-43(37,42)7)31-11-20-44(29-47,21-12-31)39(49)50/h11,16,32-33,35-38,48,51H,1,9-10,12-15,17-29H2,2-8H3,(H,49,50)/t32?,33-,35+,36?,37?,38?,41-,42+,43+,44-,45?,46-/m0/s1. The van der Waals surface area contributed by atoms with Crippen LogP contribution in [0.1, 0.15) is 151 Å². The Balaban J connectivity index is 1.10. The molecule has 0 saturated heterocycles. The summed E-state index contributed by atoms with van der Waals surface area (Å²) in [5, 5.41) is 25.6. The van der Waals surface area contributed by atoms with Crippen LogP contribution in [0.2, 0.25) is 0 Å². The number of hydrogen-bond donors (Lipinski definition) is 3. The van der Waals surface area contributed by atoms with Gasteiger partial charge in [-0.05, 0) is 185 Å². The van der Waals surface area contributed by atoms with Gasteiger partial charge in [0, 0.05) is 5.54 Å². The van der Waals surface area contributed by atoms with Gasteiger partial charge in [0.15, 0.2) is 0 Å². The molecule has 7 aliphatic rings. The Kier molecular flexibility index (Phi) is 10.6. The van der Waals surface area contributed by atoms with Crippen molar-refractivity contribution in [2.45, 2.75) is 168 Å². The molecule has 7 rings (SSSR count). The summed E-state index contributed by atoms with van der Waals surface area (Å²) in [5.74, 6) is 1.76. The van der Waals surface area contributed by atoms with Gasteiger partial charge in [0.2, 0.25) is 0 Å². The van der Waals surface area contributed by atoms with Crippen LogP contribution >= 0.6 is 0 Å². The van der Waals surface area contributed by atoms with E-state index in [1.165, 1.54) is 55.2 Å². The summed E-state index contributed by atoms with van der Waals surface area (Å²) >= 11 is 0. The number of rotatable bonds is 10. The van der Waals surface area contributed by atoms with Crippen molar-refractivity contribution < 1.29 is 32.0 Å². The quantitative estimate of drug-likeness (QED) is 0.149. The van der Waals surface area contributed by atoms with Crippen molar-refractivity contribution in [2.24, 2.45) is 56.7 Å². The maximum atomic E-state index is 14.0. The zero-order valence-corrected chi connectivity index (χ0v) is 35.9. The molecule has 7 aliphatic carbocycles. The molecule has 0 aliphatic heterocycles. The van der Waals surface area contributed by atoms with E-state index in [4.69, 9.17) is 4.18 Å². The third-order valence-corrected chi connectivity index (χ3v) is 19.2. The number of alkyl halides is 1. The van der Waals surface area contributed by atoms with Crippen molar-refractivity contribution in [3.8, 4) is 0 Å². The van der Waals surface area contributed by atoms with Gasteiger partial charge in [-0.3, -0.25) is 8.98 Å². The van der Waals surface area contributed by atoms with Crippen LogP contribution in [-0.4, -0.2) is 61.3 Å². The molecule has 55 heavy (non-hydrogen) atoms. The fraction of sp³-hybridized carbons (Fsp3) is 0.848. The molecule has 310 valence electrons. The predicted octanol–water partition coefficient (Wildman–Crippen LogP) is 9.71. The Morgan fingerprint density at radius 3 is 2.22 bits per heavy atom. The first-order valence-corrected chi connectivity index (χ1v) is 23.6. The average Bonchev–Trinajstić information content (AvgIpc) is 3.49. The number of aliphatic hydroxyl groups is 1. The number of carboxylic acid groups (broad SMARTS) is 1. The summed E-state index contributed by atoms with van der Waals surface area (Å²) in [5.41, 5.74) is 2.50. The van der Waals surface area contributed by atoms with Crippen LogP contribution in [0.15, 0.2) is 35.5 Å². The van der Waals surface area contributed by atoms with Crippen LogP contribution in [-0.2, 0) is 19.1 Å². The molecular weight excluding hydrogens is 714 g/mol. The van der Waals surface area contributed by atoms with E-state index in [1.54, 1.807) is 0 Å². The monoisotopic (exact) mass is 786 g/mol. The van der Waals surface area contributed by atoms with Gasteiger partial charge in [-0.1, -0.05) is 58.9 Å². The van der Waals surface area contributed by atoms with Crippen molar-refractivity contribution in [3.05, 3.63) is 35.5 Å². The van der Waals surface area contributed by atoms with Crippen LogP contribution in [0.4, 0.5) is 4.39 Å². The molecule has 0 aromatic rings. The molecule has 0 aromatic carbocycles. The van der Waals surface area contributed by atoms with Gasteiger partial charge in [-0.2, -0.15) is 8.42 Å². The Morgan fingerprint density at radius 1 is 0.909 bits per heavy atom. The topological polar surface area (TPSA) is 113 Å². The van der Waals surface area contributed by atoms with Crippen LogP contribution in [0.5, 0.6) is 0 Å². The SMILES string of the molecule is C=C(C)[C@@H]1CC[C@]2(NCCC3(O)CCC(OS(C)(=O)=O)CC3)CC[C@]3(C)[C@H](CCC4[C@@]5(C)CC=C(C6=CC[C@](CF)(C(=O)O)CC6)C(C)(C)C5CC[C@]43C)C12. The Bertz CT molecular complexity index is 1710. The van der Waals surface area contributed by atoms with Crippen molar-refractivity contribution in [1.82, 2.24) is 5.32 Å². The zero-order chi connectivity index (χ0) is 40.0. The molecular formula is C46H72FNO6S. The van der Waals surface area contributed by atoms with E-state index >= 15 is 0 Å². The second-order valence-electron chi connectivity index (χ2n) is 21.4. The molecule has 0 bridgehead atoms. The highest BCUT2D eigenvalue weighted by Gasteiger charge is 2.70. The third-order valence-electron chi connectivity index (χ3n) is 18.6. The summed E-state index contributed by atoms with van der Waals surface area (Å²) in [4.78, 5) is 12.0. The molecule has 7 nitrogen and oxygen atoms in total. The third kappa shape index (κ3) is 6.67. The van der Waals surface area contributed by atoms with Gasteiger partial charge in [0.25, 0.3) is 10.1 Å². The highest BCUT2D eigenvalue weighted by molar-refractivity contribution is 7.86. The van der Waals surface area contributed by atoms with Gasteiger partial charge >= 0.3 is 5.97 Å². The molecule has 3 unspecified atom stereocenters. The van der Waals surface area contributed by atoms with E-state index in [0.717, 1.165) is 32.1 Å². The molecule has 9 heteroatoms. The van der Waals surface area contributed by atoms with Crippen molar-refractivity contribution in [3.63, 3.8) is 0 Å². The molecule has 0 spiro atoms. The summed E-state index contributed by atoms with van der Waals surface area (Å²) in [7, 11) is -3.50. The minimum absolute atomic E-state index is 0.0387. The number of nitrogens with one attached hydrogen (secondary N) is 1. The summed E-state index contributed by atoms with van der Waals surface area (Å²) < 4.78 is 42.6. The minimum Gasteiger partial charge on any atom is -0.481 e. The highest BCUT2D eigenvalue weighted by atomic mass is 32.2. The molecule has 0 amide bonds. The molecule has 3 N–H and O–H groups in total. The lowest BCUT2D eigenvalue weighted by Gasteiger charge is -2.72. The van der Waals surface area contributed by atoms with Crippen LogP contribution < -0.4 is 5.32 Å². The molecule has 10 atom stereocenters. The van der Waals surface area contributed by atoms with Crippen molar-refractivity contribution in [1.29, 1.82) is 0 Å². The van der Waals surface area contributed by atoms with E-state index < -0.39 is 33.8 Å². The van der Waals surface area contributed by atoms with E-state index in [9.17, 15) is 27.8 Å². The lowest BCUT2D eigenvalue weighted by atomic mass is 9.33. The zero-order valence-electron chi connectivity index (χ0n) is 35.1. The Labute approximate surface area is 331 Å². The number of carboxylic acids is 1. The normalized spacial score (nSPS) is 46.6. The number of halogens is 1. The van der Waals surface area contributed by atoms with E-state index in [1.807, 2.05) is 0 Å². The molecule has 0 radical (unpaired) electrons. The van der Waals surface area contributed by atoms with E-state index in [0.29, 0.717) is 74.5 Å². The first kappa shape index (κ1) is 41.6. The van der Waals surface area contributed by atoms with Gasteiger partial charge < -0.3 is 15.5 Å². The van der Waals surface area contributed by atoms with Gasteiger partial charge in [0.1, 0.15) is 6.67 Å². The largest absolute Gasteiger partial charge is 0.481 e. The van der Waals surface area contributed by atoms with Crippen molar-refractivity contribution >= 4 is 16.1 Å². The number of fused-ring (bicyclic) bond motifs is 7. The van der Waals surface area contributed by atoms with Gasteiger partial charge in [-0.25, -0.2) is 4.39 Å². The maximum absolute atomic E-state index is 14.0. The first-order valence-electron chi connectivity index (χ1n) is 21.8. The fourth-order valence-electron chi connectivity index (χ4n) is 15.4. The molecule has 5 saturated carbocycles. The van der Waals surface area contributed by atoms with Crippen molar-refractivity contribution in [2.75, 3.05) is 19.5 Å². The fourth-order valence-corrected chi connectivity index (χ4v) is 16.1. The van der Waals surface area contributed by atoms with Gasteiger partial charge in [0.05, 0.1) is 23.4 Å². The van der Waals surface area contributed by atoms with Gasteiger partial charge in [-0.15, -0.1) is 0 Å². The Morgan fingerprint density at radius 2 is 1.62 bits per heavy atom. The summed E-state index contributed by atoms with van der Waals surface area (Å²) in [6.07, 6.45) is 20.2. The highest BCUT2D eigenvalue weighted by Crippen LogP contribution is 2.76. The lowest BCUT2D eigenvalue weighted by Crippen LogP contribution is -2.68. The first-order chi connectivity index (χ1) is 25.6. The van der Waals surface area contributed by atoms with E-state index in [-0.39, 0.29) is 39.7 Å². The molecule has 5 fully saturated rings. The lowest BCUT2D eigenvalue weighted by molar-refractivity contribution is -0.221. The predicted molar refractivity (Wildman–Crippen MR) is 216 cm³/mol. The maximum Gasteiger partial charge on any atom is 0.312 e. The van der Waals surface area contributed by atoms with E-state index in [2.05, 4.69) is 65.6 Å². The smallest absolute Gasteiger partial charge is 0.312 e. The van der Waals surface area contributed by atoms with Crippen LogP contribution in [0, 0.1) is 56.7 Å². The summed E-state index contributed by atoms with van der Waals surface area (Å²) in [6.45, 7) is 19.6. The van der Waals surface area contributed by atoms with Crippen LogP contribution in [0.25, 0.3) is 0 Å². The number of carbonyl (C=O) groups is 1. The molecule has 0 heterocycles. The summed E-state index contributed by atoms with van der Waals surface area (Å²) in [6, 6.07) is 0. The van der Waals surface area contributed by atoms with Crippen LogP contribution in [0.3, 0.4) is 0 Å². The Hall–Kier alpha value is -1.55.